The molecule has 6 heteroatoms. The summed E-state index contributed by atoms with van der Waals surface area (Å²) in [5, 5.41) is 14.8. The predicted molar refractivity (Wildman–Crippen MR) is 96.7 cm³/mol. The van der Waals surface area contributed by atoms with Crippen molar-refractivity contribution in [2.75, 3.05) is 0 Å². The molecule has 4 aromatic rings. The Balaban J connectivity index is 0.000000265. The standard InChI is InChI=1S/C15H9N2O.C5H8O2.Rh/c1-2-8-14-11(5-1)12-6-3-7-13(15(12)18-14)17-10-4-9-16-17;1-4(6)3-5(2)7;/h1-6,8-10H;3,6H,1-2H3;/q-1;;/b;4-3-;. The number of aromatic nitrogens is 2. The molecular formula is C20H17N2O3Rh-. The number of fused-ring (bicyclic) bond motifs is 3. The Kier molecular flexibility index (Phi) is 6.48. The van der Waals surface area contributed by atoms with E-state index in [9.17, 15) is 4.79 Å². The normalized spacial score (nSPS) is 10.9. The Hall–Kier alpha value is -2.72. The molecule has 2 aromatic carbocycles. The summed E-state index contributed by atoms with van der Waals surface area (Å²) in [5.41, 5.74) is 2.55. The zero-order chi connectivity index (χ0) is 17.8. The van der Waals surface area contributed by atoms with Crippen LogP contribution in [0.2, 0.25) is 0 Å². The molecule has 2 aromatic heterocycles. The largest absolute Gasteiger partial charge is 0.513 e. The van der Waals surface area contributed by atoms with Gasteiger partial charge in [-0.25, -0.2) is 0 Å². The van der Waals surface area contributed by atoms with Gasteiger partial charge in [0.15, 0.2) is 5.78 Å². The Morgan fingerprint density at radius 2 is 1.96 bits per heavy atom. The molecule has 0 saturated heterocycles. The minimum atomic E-state index is -0.125. The van der Waals surface area contributed by atoms with Crippen LogP contribution in [-0.2, 0) is 24.3 Å². The van der Waals surface area contributed by atoms with E-state index in [-0.39, 0.29) is 31.0 Å². The van der Waals surface area contributed by atoms with Gasteiger partial charge in [-0.2, -0.15) is 23.3 Å². The topological polar surface area (TPSA) is 68.3 Å². The van der Waals surface area contributed by atoms with E-state index in [4.69, 9.17) is 9.52 Å². The Morgan fingerprint density at radius 1 is 1.19 bits per heavy atom. The molecule has 0 spiro atoms. The van der Waals surface area contributed by atoms with E-state index in [0.717, 1.165) is 27.6 Å². The number of para-hydroxylation sites is 1. The van der Waals surface area contributed by atoms with Crippen LogP contribution in [0.5, 0.6) is 0 Å². The van der Waals surface area contributed by atoms with Crippen LogP contribution in [-0.4, -0.2) is 20.7 Å². The molecular weight excluding hydrogens is 419 g/mol. The number of benzene rings is 2. The van der Waals surface area contributed by atoms with Crippen LogP contribution < -0.4 is 0 Å². The van der Waals surface area contributed by atoms with Crippen molar-refractivity contribution in [2.45, 2.75) is 13.8 Å². The molecule has 1 N–H and O–H groups in total. The van der Waals surface area contributed by atoms with Gasteiger partial charge in [0.2, 0.25) is 0 Å². The summed E-state index contributed by atoms with van der Waals surface area (Å²) >= 11 is 0. The Labute approximate surface area is 163 Å². The third kappa shape index (κ3) is 4.27. The van der Waals surface area contributed by atoms with Gasteiger partial charge in [-0.05, 0) is 31.7 Å². The molecule has 1 radical (unpaired) electrons. The summed E-state index contributed by atoms with van der Waals surface area (Å²) in [6.07, 6.45) is 4.80. The summed E-state index contributed by atoms with van der Waals surface area (Å²) < 4.78 is 7.68. The van der Waals surface area contributed by atoms with Gasteiger partial charge in [0, 0.05) is 48.9 Å². The first-order valence-corrected chi connectivity index (χ1v) is 7.76. The fourth-order valence-corrected chi connectivity index (χ4v) is 2.54. The number of carbonyl (C=O) groups is 1. The first-order chi connectivity index (χ1) is 12.1. The van der Waals surface area contributed by atoms with Gasteiger partial charge >= 0.3 is 0 Å². The maximum Gasteiger partial charge on any atom is 0.155 e. The van der Waals surface area contributed by atoms with Crippen molar-refractivity contribution in [3.8, 4) is 5.69 Å². The van der Waals surface area contributed by atoms with Crippen LogP contribution in [0.25, 0.3) is 27.6 Å². The third-order valence-corrected chi connectivity index (χ3v) is 3.46. The number of nitrogens with zero attached hydrogens (tertiary/aromatic N) is 2. The number of hydrogen-bond donors (Lipinski definition) is 1. The summed E-state index contributed by atoms with van der Waals surface area (Å²) in [7, 11) is 0. The fraction of sp³-hybridized carbons (Fsp3) is 0.100. The van der Waals surface area contributed by atoms with Crippen molar-refractivity contribution >= 4 is 27.7 Å². The maximum absolute atomic E-state index is 10.0. The number of aliphatic hydroxyl groups excluding tert-OH is 1. The van der Waals surface area contributed by atoms with E-state index < -0.39 is 0 Å². The SMILES string of the molecule is CC(=O)/C=C(/C)O.[Rh].[c-]1ccc2c(oc3ccccc32)c1-n1cccn1. The zero-order valence-corrected chi connectivity index (χ0v) is 15.9. The second-order valence-corrected chi connectivity index (χ2v) is 5.51. The summed E-state index contributed by atoms with van der Waals surface area (Å²) in [6.45, 7) is 2.85. The zero-order valence-electron chi connectivity index (χ0n) is 14.3. The van der Waals surface area contributed by atoms with E-state index >= 15 is 0 Å². The van der Waals surface area contributed by atoms with Crippen molar-refractivity contribution in [3.05, 3.63) is 72.8 Å². The van der Waals surface area contributed by atoms with Crippen molar-refractivity contribution in [2.24, 2.45) is 0 Å². The number of rotatable bonds is 2. The summed E-state index contributed by atoms with van der Waals surface area (Å²) in [5.74, 6) is -0.0625. The predicted octanol–water partition coefficient (Wildman–Crippen LogP) is 4.61. The first-order valence-electron chi connectivity index (χ1n) is 7.76. The second kappa shape index (κ2) is 8.59. The quantitative estimate of drug-likeness (QED) is 0.216. The minimum Gasteiger partial charge on any atom is -0.513 e. The molecule has 0 unspecified atom stereocenters. The second-order valence-electron chi connectivity index (χ2n) is 5.51. The van der Waals surface area contributed by atoms with Crippen molar-refractivity contribution in [1.82, 2.24) is 9.78 Å². The molecule has 4 rings (SSSR count). The Bertz CT molecular complexity index is 1050. The van der Waals surface area contributed by atoms with Crippen molar-refractivity contribution in [1.29, 1.82) is 0 Å². The average Bonchev–Trinajstić information content (AvgIpc) is 3.21. The van der Waals surface area contributed by atoms with Crippen LogP contribution >= 0.6 is 0 Å². The maximum atomic E-state index is 10.0. The smallest absolute Gasteiger partial charge is 0.155 e. The van der Waals surface area contributed by atoms with E-state index in [1.54, 1.807) is 10.9 Å². The van der Waals surface area contributed by atoms with Crippen LogP contribution in [0.4, 0.5) is 0 Å². The molecule has 0 aliphatic heterocycles. The molecule has 0 fully saturated rings. The summed E-state index contributed by atoms with van der Waals surface area (Å²) in [6, 6.07) is 17.0. The number of furan rings is 1. The van der Waals surface area contributed by atoms with Gasteiger partial charge in [0.25, 0.3) is 0 Å². The van der Waals surface area contributed by atoms with Gasteiger partial charge in [-0.1, -0.05) is 23.6 Å². The number of carbonyl (C=O) groups excluding carboxylic acids is 1. The molecule has 0 aliphatic carbocycles. The molecule has 26 heavy (non-hydrogen) atoms. The molecule has 135 valence electrons. The fourth-order valence-electron chi connectivity index (χ4n) is 2.54. The molecule has 0 atom stereocenters. The minimum absolute atomic E-state index is 0. The average molecular weight is 436 g/mol. The van der Waals surface area contributed by atoms with Gasteiger partial charge in [-0.15, -0.1) is 0 Å². The van der Waals surface area contributed by atoms with Crippen molar-refractivity contribution < 1.29 is 33.8 Å². The molecule has 0 amide bonds. The molecule has 2 heterocycles. The van der Waals surface area contributed by atoms with E-state index in [1.165, 1.54) is 19.9 Å². The van der Waals surface area contributed by atoms with E-state index in [0.29, 0.717) is 0 Å². The Morgan fingerprint density at radius 3 is 2.58 bits per heavy atom. The van der Waals surface area contributed by atoms with Gasteiger partial charge in [0.1, 0.15) is 5.58 Å². The molecule has 5 nitrogen and oxygen atoms in total. The monoisotopic (exact) mass is 436 g/mol. The van der Waals surface area contributed by atoms with Crippen LogP contribution in [0.3, 0.4) is 0 Å². The summed E-state index contributed by atoms with van der Waals surface area (Å²) in [4.78, 5) is 10.0. The number of hydrogen-bond acceptors (Lipinski definition) is 4. The van der Waals surface area contributed by atoms with Crippen LogP contribution in [0, 0.1) is 6.07 Å². The first kappa shape index (κ1) is 19.6. The van der Waals surface area contributed by atoms with E-state index in [2.05, 4.69) is 17.2 Å². The van der Waals surface area contributed by atoms with E-state index in [1.807, 2.05) is 42.6 Å². The molecule has 0 aliphatic rings. The van der Waals surface area contributed by atoms with Crippen molar-refractivity contribution in [3.63, 3.8) is 0 Å². The molecule has 0 saturated carbocycles. The van der Waals surface area contributed by atoms with Gasteiger partial charge in [0.05, 0.1) is 5.76 Å². The van der Waals surface area contributed by atoms with Crippen LogP contribution in [0.15, 0.2) is 71.1 Å². The van der Waals surface area contributed by atoms with Gasteiger partial charge in [-0.3, -0.25) is 9.48 Å². The number of ketones is 1. The number of allylic oxidation sites excluding steroid dienone is 2. The number of aliphatic hydroxyl groups is 1. The van der Waals surface area contributed by atoms with Gasteiger partial charge < -0.3 is 9.52 Å². The third-order valence-electron chi connectivity index (χ3n) is 3.46. The van der Waals surface area contributed by atoms with Crippen LogP contribution in [0.1, 0.15) is 13.8 Å². The molecule has 0 bridgehead atoms.